The smallest absolute Gasteiger partial charge is 0.258 e. The number of sulfonamides is 1. The van der Waals surface area contributed by atoms with Crippen LogP contribution in [0.4, 0.5) is 26.2 Å². The number of aromatic nitrogens is 2. The van der Waals surface area contributed by atoms with Gasteiger partial charge in [-0.2, -0.15) is 4.98 Å². The third-order valence-corrected chi connectivity index (χ3v) is 9.52. The van der Waals surface area contributed by atoms with Gasteiger partial charge in [0.25, 0.3) is 11.8 Å². The van der Waals surface area contributed by atoms with Crippen LogP contribution in [-0.4, -0.2) is 74.7 Å². The van der Waals surface area contributed by atoms with Crippen molar-refractivity contribution in [3.05, 3.63) is 35.5 Å². The van der Waals surface area contributed by atoms with E-state index in [1.807, 2.05) is 0 Å². The summed E-state index contributed by atoms with van der Waals surface area (Å²) in [6, 6.07) is 5.96. The number of hydrogen-bond acceptors (Lipinski definition) is 8. The Kier molecular flexibility index (Phi) is 7.27. The summed E-state index contributed by atoms with van der Waals surface area (Å²) in [4.78, 5) is 26.1. The molecule has 2 atom stereocenters. The van der Waals surface area contributed by atoms with Gasteiger partial charge in [0, 0.05) is 57.3 Å². The Hall–Kier alpha value is -2.90. The van der Waals surface area contributed by atoms with Crippen molar-refractivity contribution in [1.82, 2.24) is 14.7 Å². The zero-order valence-corrected chi connectivity index (χ0v) is 22.9. The van der Waals surface area contributed by atoms with Crippen LogP contribution in [0.1, 0.15) is 48.7 Å². The number of alkyl halides is 2. The number of aliphatic hydroxyl groups is 1. The number of aryl methyl sites for hydroxylation is 1. The summed E-state index contributed by atoms with van der Waals surface area (Å²) >= 11 is 0. The van der Waals surface area contributed by atoms with E-state index in [2.05, 4.69) is 31.8 Å². The van der Waals surface area contributed by atoms with Gasteiger partial charge in [0.15, 0.2) is 0 Å². The first-order valence-electron chi connectivity index (χ1n) is 13.2. The number of rotatable bonds is 8. The van der Waals surface area contributed by atoms with E-state index in [-0.39, 0.29) is 55.7 Å². The van der Waals surface area contributed by atoms with Crippen molar-refractivity contribution in [3.63, 3.8) is 0 Å². The zero-order valence-electron chi connectivity index (χ0n) is 22.1. The Morgan fingerprint density at radius 3 is 2.54 bits per heavy atom. The zero-order chi connectivity index (χ0) is 28.0. The summed E-state index contributed by atoms with van der Waals surface area (Å²) in [7, 11) is -3.88. The third-order valence-electron chi connectivity index (χ3n) is 8.06. The van der Waals surface area contributed by atoms with Gasteiger partial charge in [-0.3, -0.25) is 4.79 Å². The molecule has 3 heterocycles. The molecule has 1 aliphatic carbocycles. The van der Waals surface area contributed by atoms with Gasteiger partial charge < -0.3 is 20.2 Å². The maximum Gasteiger partial charge on any atom is 0.258 e. The Morgan fingerprint density at radius 2 is 1.85 bits per heavy atom. The van der Waals surface area contributed by atoms with Crippen molar-refractivity contribution in [1.29, 1.82) is 0 Å². The number of nitrogens with zero attached hydrogens (tertiary/aromatic N) is 4. The number of carbonyl (C=O) groups excluding carboxylic acids is 1. The van der Waals surface area contributed by atoms with Crippen molar-refractivity contribution in [2.75, 3.05) is 54.4 Å². The maximum absolute atomic E-state index is 13.6. The highest BCUT2D eigenvalue weighted by Gasteiger charge is 2.52. The second-order valence-electron chi connectivity index (χ2n) is 11.0. The van der Waals surface area contributed by atoms with Crippen molar-refractivity contribution in [2.45, 2.75) is 50.3 Å². The van der Waals surface area contributed by atoms with E-state index in [0.29, 0.717) is 34.8 Å². The lowest BCUT2D eigenvalue weighted by atomic mass is 9.96. The minimum atomic E-state index is -3.88. The Bertz CT molecular complexity index is 1360. The fourth-order valence-corrected chi connectivity index (χ4v) is 6.47. The number of halogens is 2. The standard InChI is InChI=1S/C26H34F2N6O4S/c1-17-13-22(32-24(30-17)33-10-6-26(27,28)7-11-33)31-23(36)20-4-3-19(39(37,38)29-8-12-35)14-21(20)34-9-5-25(2)15-18(25)16-34/h3-4,13-14,18,29,35H,5-12,15-16H2,1-2H3,(H,30,31,32,36)/t18-,25-/m1/s1. The molecule has 5 rings (SSSR count). The average molecular weight is 565 g/mol. The van der Waals surface area contributed by atoms with Crippen molar-refractivity contribution in [2.24, 2.45) is 11.3 Å². The van der Waals surface area contributed by atoms with E-state index in [4.69, 9.17) is 5.11 Å². The summed E-state index contributed by atoms with van der Waals surface area (Å²) in [5.74, 6) is -2.16. The van der Waals surface area contributed by atoms with Gasteiger partial charge in [0.2, 0.25) is 16.0 Å². The van der Waals surface area contributed by atoms with Crippen LogP contribution in [-0.2, 0) is 10.0 Å². The Labute approximate surface area is 226 Å². The van der Waals surface area contributed by atoms with Crippen LogP contribution in [0.2, 0.25) is 0 Å². The topological polar surface area (TPSA) is 128 Å². The SMILES string of the molecule is Cc1cc(NC(=O)c2ccc(S(=O)(=O)NCCO)cc2N2CC[C@]3(C)C[C@@H]3C2)nc(N2CCC(F)(F)CC2)n1. The van der Waals surface area contributed by atoms with E-state index in [9.17, 15) is 22.0 Å². The molecule has 2 aliphatic heterocycles. The molecule has 0 unspecified atom stereocenters. The molecule has 1 amide bonds. The fraction of sp³-hybridized carbons (Fsp3) is 0.577. The highest BCUT2D eigenvalue weighted by atomic mass is 32.2. The molecule has 0 spiro atoms. The number of aliphatic hydroxyl groups excluding tert-OH is 1. The van der Waals surface area contributed by atoms with Crippen LogP contribution < -0.4 is 19.8 Å². The molecule has 212 valence electrons. The van der Waals surface area contributed by atoms with Gasteiger partial charge in [0.05, 0.1) is 22.8 Å². The third kappa shape index (κ3) is 5.99. The molecule has 2 aromatic rings. The highest BCUT2D eigenvalue weighted by Crippen LogP contribution is 2.58. The second kappa shape index (κ2) is 10.3. The van der Waals surface area contributed by atoms with Crippen LogP contribution in [0.15, 0.2) is 29.2 Å². The van der Waals surface area contributed by atoms with Crippen molar-refractivity contribution >= 4 is 33.4 Å². The minimum Gasteiger partial charge on any atom is -0.395 e. The molecule has 3 fully saturated rings. The number of nitrogens with one attached hydrogen (secondary N) is 2. The molecule has 0 bridgehead atoms. The summed E-state index contributed by atoms with van der Waals surface area (Å²) in [6.07, 6.45) is 1.48. The number of carbonyl (C=O) groups is 1. The van der Waals surface area contributed by atoms with E-state index in [0.717, 1.165) is 19.4 Å². The number of anilines is 3. The van der Waals surface area contributed by atoms with Crippen LogP contribution in [0.5, 0.6) is 0 Å². The molecule has 13 heteroatoms. The first kappa shape index (κ1) is 27.7. The second-order valence-corrected chi connectivity index (χ2v) is 12.8. The lowest BCUT2D eigenvalue weighted by Crippen LogP contribution is -2.40. The molecule has 3 aliphatic rings. The number of amides is 1. The van der Waals surface area contributed by atoms with Gasteiger partial charge in [0.1, 0.15) is 5.82 Å². The largest absolute Gasteiger partial charge is 0.395 e. The van der Waals surface area contributed by atoms with Gasteiger partial charge >= 0.3 is 0 Å². The maximum atomic E-state index is 13.6. The van der Waals surface area contributed by atoms with Crippen LogP contribution in [0.3, 0.4) is 0 Å². The van der Waals surface area contributed by atoms with Crippen molar-refractivity contribution in [3.8, 4) is 0 Å². The fourth-order valence-electron chi connectivity index (χ4n) is 5.43. The number of hydrogen-bond donors (Lipinski definition) is 3. The quantitative estimate of drug-likeness (QED) is 0.447. The van der Waals surface area contributed by atoms with Crippen LogP contribution in [0.25, 0.3) is 0 Å². The van der Waals surface area contributed by atoms with Gasteiger partial charge in [-0.25, -0.2) is 26.9 Å². The number of piperidine rings is 2. The van der Waals surface area contributed by atoms with Gasteiger partial charge in [-0.05, 0) is 49.3 Å². The molecular weight excluding hydrogens is 530 g/mol. The van der Waals surface area contributed by atoms with E-state index >= 15 is 0 Å². The lowest BCUT2D eigenvalue weighted by molar-refractivity contribution is -0.0222. The first-order valence-corrected chi connectivity index (χ1v) is 14.7. The molecule has 39 heavy (non-hydrogen) atoms. The molecule has 10 nitrogen and oxygen atoms in total. The molecule has 0 radical (unpaired) electrons. The number of benzene rings is 1. The summed E-state index contributed by atoms with van der Waals surface area (Å²) in [6.45, 7) is 5.18. The normalized spacial score (nSPS) is 24.3. The highest BCUT2D eigenvalue weighted by molar-refractivity contribution is 7.89. The summed E-state index contributed by atoms with van der Waals surface area (Å²) < 4.78 is 55.2. The van der Waals surface area contributed by atoms with E-state index in [1.165, 1.54) is 18.2 Å². The monoisotopic (exact) mass is 564 g/mol. The molecule has 1 saturated carbocycles. The molecule has 1 aromatic carbocycles. The Balaban J connectivity index is 1.42. The van der Waals surface area contributed by atoms with Gasteiger partial charge in [-0.1, -0.05) is 6.92 Å². The Morgan fingerprint density at radius 1 is 1.13 bits per heavy atom. The minimum absolute atomic E-state index is 0.00805. The number of fused-ring (bicyclic) bond motifs is 1. The van der Waals surface area contributed by atoms with E-state index in [1.54, 1.807) is 17.9 Å². The van der Waals surface area contributed by atoms with Crippen molar-refractivity contribution < 1.29 is 27.1 Å². The lowest BCUT2D eigenvalue weighted by Gasteiger charge is -2.33. The molecule has 1 aromatic heterocycles. The molecule has 3 N–H and O–H groups in total. The van der Waals surface area contributed by atoms with Crippen LogP contribution in [0, 0.1) is 18.3 Å². The van der Waals surface area contributed by atoms with E-state index < -0.39 is 21.9 Å². The predicted molar refractivity (Wildman–Crippen MR) is 143 cm³/mol. The summed E-state index contributed by atoms with van der Waals surface area (Å²) in [5, 5.41) is 11.9. The predicted octanol–water partition coefficient (Wildman–Crippen LogP) is 2.78. The average Bonchev–Trinajstić information content (AvgIpc) is 3.57. The van der Waals surface area contributed by atoms with Crippen LogP contribution >= 0.6 is 0 Å². The van der Waals surface area contributed by atoms with Gasteiger partial charge in [-0.15, -0.1) is 0 Å². The summed E-state index contributed by atoms with van der Waals surface area (Å²) in [5.41, 5.74) is 1.69. The first-order chi connectivity index (χ1) is 18.4. The molecule has 2 saturated heterocycles. The molecular formula is C26H34F2N6O4S.